The highest BCUT2D eigenvalue weighted by Gasteiger charge is 2.21. The molecule has 2 aromatic rings. The van der Waals surface area contributed by atoms with Crippen LogP contribution in [0.4, 0.5) is 10.8 Å². The van der Waals surface area contributed by atoms with Crippen molar-refractivity contribution in [3.63, 3.8) is 0 Å². The van der Waals surface area contributed by atoms with Gasteiger partial charge in [-0.2, -0.15) is 0 Å². The lowest BCUT2D eigenvalue weighted by Crippen LogP contribution is -2.29. The molecule has 4 nitrogen and oxygen atoms in total. The largest absolute Gasteiger partial charge is 0.348 e. The van der Waals surface area contributed by atoms with Gasteiger partial charge in [0.15, 0.2) is 5.13 Å². The fourth-order valence-electron chi connectivity index (χ4n) is 2.70. The van der Waals surface area contributed by atoms with E-state index in [1.165, 1.54) is 19.3 Å². The average Bonchev–Trinajstić information content (AvgIpc) is 3.05. The second-order valence-electron chi connectivity index (χ2n) is 7.35. The van der Waals surface area contributed by atoms with Crippen LogP contribution in [0.2, 0.25) is 0 Å². The Labute approximate surface area is 147 Å². The zero-order valence-corrected chi connectivity index (χ0v) is 15.4. The molecule has 0 bridgehead atoms. The standard InChI is InChI=1S/C19H25N3OS/c1-19(2,3)17(23)20-15-9-7-8-14(12-15)16-13-24-18(21-16)22-10-5-4-6-11-22/h7-9,12-13H,4-6,10-11H2,1-3H3,(H,20,23). The summed E-state index contributed by atoms with van der Waals surface area (Å²) in [5, 5.41) is 6.20. The number of carbonyl (C=O) groups is 1. The van der Waals surface area contributed by atoms with Gasteiger partial charge in [0.1, 0.15) is 0 Å². The predicted octanol–water partition coefficient (Wildman–Crippen LogP) is 4.79. The van der Waals surface area contributed by atoms with Crippen molar-refractivity contribution in [1.82, 2.24) is 4.98 Å². The summed E-state index contributed by atoms with van der Waals surface area (Å²) < 4.78 is 0. The number of anilines is 2. The average molecular weight is 343 g/mol. The molecule has 1 amide bonds. The van der Waals surface area contributed by atoms with Gasteiger partial charge in [0, 0.05) is 35.1 Å². The number of aromatic nitrogens is 1. The van der Waals surface area contributed by atoms with Gasteiger partial charge in [-0.3, -0.25) is 4.79 Å². The summed E-state index contributed by atoms with van der Waals surface area (Å²) >= 11 is 1.70. The Morgan fingerprint density at radius 2 is 1.96 bits per heavy atom. The van der Waals surface area contributed by atoms with E-state index in [4.69, 9.17) is 4.98 Å². The normalized spacial score (nSPS) is 15.4. The van der Waals surface area contributed by atoms with Crippen molar-refractivity contribution in [3.05, 3.63) is 29.6 Å². The van der Waals surface area contributed by atoms with Crippen LogP contribution in [0.3, 0.4) is 0 Å². The quantitative estimate of drug-likeness (QED) is 0.872. The highest BCUT2D eigenvalue weighted by atomic mass is 32.1. The molecular formula is C19H25N3OS. The molecule has 1 aliphatic rings. The van der Waals surface area contributed by atoms with Crippen molar-refractivity contribution < 1.29 is 4.79 Å². The third-order valence-corrected chi connectivity index (χ3v) is 5.12. The molecule has 0 saturated carbocycles. The third kappa shape index (κ3) is 3.96. The lowest BCUT2D eigenvalue weighted by Gasteiger charge is -2.25. The van der Waals surface area contributed by atoms with Crippen molar-refractivity contribution in [1.29, 1.82) is 0 Å². The molecule has 0 atom stereocenters. The smallest absolute Gasteiger partial charge is 0.229 e. The van der Waals surface area contributed by atoms with Gasteiger partial charge in [-0.05, 0) is 31.4 Å². The lowest BCUT2D eigenvalue weighted by atomic mass is 9.95. The number of nitrogens with one attached hydrogen (secondary N) is 1. The second-order valence-corrected chi connectivity index (χ2v) is 8.18. The summed E-state index contributed by atoms with van der Waals surface area (Å²) in [7, 11) is 0. The zero-order chi connectivity index (χ0) is 17.2. The third-order valence-electron chi connectivity index (χ3n) is 4.22. The maximum atomic E-state index is 12.2. The van der Waals surface area contributed by atoms with Crippen LogP contribution in [-0.2, 0) is 4.79 Å². The van der Waals surface area contributed by atoms with Crippen molar-refractivity contribution in [3.8, 4) is 11.3 Å². The lowest BCUT2D eigenvalue weighted by molar-refractivity contribution is -0.123. The summed E-state index contributed by atoms with van der Waals surface area (Å²) in [4.78, 5) is 19.3. The highest BCUT2D eigenvalue weighted by Crippen LogP contribution is 2.30. The molecule has 2 heterocycles. The molecule has 0 spiro atoms. The molecule has 1 aliphatic heterocycles. The van der Waals surface area contributed by atoms with E-state index in [2.05, 4.69) is 15.6 Å². The Hall–Kier alpha value is -1.88. The van der Waals surface area contributed by atoms with E-state index in [0.717, 1.165) is 35.2 Å². The molecule has 3 rings (SSSR count). The van der Waals surface area contributed by atoms with E-state index in [1.54, 1.807) is 11.3 Å². The topological polar surface area (TPSA) is 45.2 Å². The van der Waals surface area contributed by atoms with Crippen molar-refractivity contribution in [2.75, 3.05) is 23.3 Å². The monoisotopic (exact) mass is 343 g/mol. The summed E-state index contributed by atoms with van der Waals surface area (Å²) in [5.41, 5.74) is 2.44. The predicted molar refractivity (Wildman–Crippen MR) is 102 cm³/mol. The molecular weight excluding hydrogens is 318 g/mol. The number of hydrogen-bond acceptors (Lipinski definition) is 4. The van der Waals surface area contributed by atoms with Crippen molar-refractivity contribution >= 4 is 28.1 Å². The molecule has 0 radical (unpaired) electrons. The van der Waals surface area contributed by atoms with E-state index in [0.29, 0.717) is 0 Å². The van der Waals surface area contributed by atoms with Gasteiger partial charge in [-0.1, -0.05) is 32.9 Å². The molecule has 0 unspecified atom stereocenters. The van der Waals surface area contributed by atoms with E-state index in [-0.39, 0.29) is 5.91 Å². The number of carbonyl (C=O) groups excluding carboxylic acids is 1. The maximum absolute atomic E-state index is 12.2. The minimum Gasteiger partial charge on any atom is -0.348 e. The van der Waals surface area contributed by atoms with Gasteiger partial charge in [0.05, 0.1) is 5.69 Å². The van der Waals surface area contributed by atoms with Gasteiger partial charge >= 0.3 is 0 Å². The number of amides is 1. The van der Waals surface area contributed by atoms with Gasteiger partial charge in [0.2, 0.25) is 5.91 Å². The Morgan fingerprint density at radius 1 is 1.21 bits per heavy atom. The molecule has 1 N–H and O–H groups in total. The molecule has 5 heteroatoms. The number of benzene rings is 1. The maximum Gasteiger partial charge on any atom is 0.229 e. The van der Waals surface area contributed by atoms with E-state index in [9.17, 15) is 4.79 Å². The minimum absolute atomic E-state index is 0.0203. The molecule has 1 saturated heterocycles. The fourth-order valence-corrected chi connectivity index (χ4v) is 3.59. The van der Waals surface area contributed by atoms with Gasteiger partial charge in [-0.25, -0.2) is 4.98 Å². The number of piperidine rings is 1. The minimum atomic E-state index is -0.405. The first kappa shape index (κ1) is 17.0. The molecule has 1 fully saturated rings. The van der Waals surface area contributed by atoms with Crippen LogP contribution in [0.25, 0.3) is 11.3 Å². The summed E-state index contributed by atoms with van der Waals surface area (Å²) in [6.07, 6.45) is 3.83. The van der Waals surface area contributed by atoms with E-state index >= 15 is 0 Å². The SMILES string of the molecule is CC(C)(C)C(=O)Nc1cccc(-c2csc(N3CCCCC3)n2)c1. The van der Waals surface area contributed by atoms with E-state index in [1.807, 2.05) is 45.0 Å². The Bertz CT molecular complexity index is 711. The van der Waals surface area contributed by atoms with Crippen LogP contribution in [-0.4, -0.2) is 24.0 Å². The van der Waals surface area contributed by atoms with Crippen LogP contribution >= 0.6 is 11.3 Å². The molecule has 24 heavy (non-hydrogen) atoms. The fraction of sp³-hybridized carbons (Fsp3) is 0.474. The first-order chi connectivity index (χ1) is 11.4. The van der Waals surface area contributed by atoms with Crippen LogP contribution in [0, 0.1) is 5.41 Å². The van der Waals surface area contributed by atoms with E-state index < -0.39 is 5.41 Å². The number of rotatable bonds is 3. The first-order valence-corrected chi connectivity index (χ1v) is 9.44. The Kier molecular flexibility index (Phi) is 4.90. The molecule has 1 aromatic heterocycles. The number of thiazole rings is 1. The first-order valence-electron chi connectivity index (χ1n) is 8.56. The van der Waals surface area contributed by atoms with Crippen LogP contribution in [0.5, 0.6) is 0 Å². The second kappa shape index (κ2) is 6.93. The summed E-state index contributed by atoms with van der Waals surface area (Å²) in [6.45, 7) is 7.95. The Balaban J connectivity index is 1.76. The molecule has 1 aromatic carbocycles. The van der Waals surface area contributed by atoms with Crippen molar-refractivity contribution in [2.45, 2.75) is 40.0 Å². The summed E-state index contributed by atoms with van der Waals surface area (Å²) in [5.74, 6) is 0.0203. The summed E-state index contributed by atoms with van der Waals surface area (Å²) in [6, 6.07) is 7.93. The number of nitrogens with zero attached hydrogens (tertiary/aromatic N) is 2. The number of hydrogen-bond donors (Lipinski definition) is 1. The zero-order valence-electron chi connectivity index (χ0n) is 14.6. The van der Waals surface area contributed by atoms with Crippen molar-refractivity contribution in [2.24, 2.45) is 5.41 Å². The van der Waals surface area contributed by atoms with Gasteiger partial charge in [0.25, 0.3) is 0 Å². The van der Waals surface area contributed by atoms with Crippen LogP contribution in [0.15, 0.2) is 29.6 Å². The molecule has 128 valence electrons. The van der Waals surface area contributed by atoms with Crippen LogP contribution < -0.4 is 10.2 Å². The Morgan fingerprint density at radius 3 is 2.67 bits per heavy atom. The van der Waals surface area contributed by atoms with Gasteiger partial charge in [-0.15, -0.1) is 11.3 Å². The highest BCUT2D eigenvalue weighted by molar-refractivity contribution is 7.14. The van der Waals surface area contributed by atoms with Crippen LogP contribution in [0.1, 0.15) is 40.0 Å². The van der Waals surface area contributed by atoms with Gasteiger partial charge < -0.3 is 10.2 Å². The molecule has 0 aliphatic carbocycles.